The number of nitriles is 1. The van der Waals surface area contributed by atoms with Gasteiger partial charge in [0.1, 0.15) is 11.9 Å². The average molecular weight is 208 g/mol. The van der Waals surface area contributed by atoms with E-state index in [1.807, 2.05) is 6.07 Å². The van der Waals surface area contributed by atoms with E-state index in [-0.39, 0.29) is 13.2 Å². The Morgan fingerprint density at radius 3 is 3.00 bits per heavy atom. The minimum Gasteiger partial charge on any atom is -0.397 e. The Labute approximate surface area is 87.0 Å². The van der Waals surface area contributed by atoms with Crippen LogP contribution in [0.3, 0.4) is 0 Å². The van der Waals surface area contributed by atoms with E-state index in [4.69, 9.17) is 21.2 Å². The summed E-state index contributed by atoms with van der Waals surface area (Å²) in [6, 6.07) is 3.42. The fourth-order valence-electron chi connectivity index (χ4n) is 0.986. The van der Waals surface area contributed by atoms with Crippen LogP contribution in [0.5, 0.6) is 0 Å². The Morgan fingerprint density at radius 2 is 2.40 bits per heavy atom. The quantitative estimate of drug-likeness (QED) is 0.520. The molecule has 0 bridgehead atoms. The van der Waals surface area contributed by atoms with Crippen molar-refractivity contribution in [1.29, 1.82) is 5.26 Å². The lowest BCUT2D eigenvalue weighted by Crippen LogP contribution is -2.23. The first kappa shape index (κ1) is 11.2. The van der Waals surface area contributed by atoms with Gasteiger partial charge in [-0.05, 0) is 6.07 Å². The Hall–Kier alpha value is -1.84. The highest BCUT2D eigenvalue weighted by atomic mass is 16.3. The van der Waals surface area contributed by atoms with E-state index in [9.17, 15) is 0 Å². The third-order valence-electron chi connectivity index (χ3n) is 1.75. The fourth-order valence-corrected chi connectivity index (χ4v) is 0.986. The van der Waals surface area contributed by atoms with E-state index < -0.39 is 6.10 Å². The zero-order valence-electron chi connectivity index (χ0n) is 8.01. The zero-order valence-corrected chi connectivity index (χ0v) is 8.01. The molecule has 1 aromatic rings. The summed E-state index contributed by atoms with van der Waals surface area (Å²) < 4.78 is 0. The van der Waals surface area contributed by atoms with Crippen LogP contribution in [0.25, 0.3) is 0 Å². The number of hydrogen-bond donors (Lipinski definition) is 4. The van der Waals surface area contributed by atoms with Crippen LogP contribution in [0.2, 0.25) is 0 Å². The number of nitrogens with zero attached hydrogens (tertiary/aromatic N) is 2. The van der Waals surface area contributed by atoms with Gasteiger partial charge in [0, 0.05) is 6.54 Å². The molecule has 0 saturated carbocycles. The summed E-state index contributed by atoms with van der Waals surface area (Å²) in [6.45, 7) is -0.216. The Kier molecular flexibility index (Phi) is 3.85. The molecule has 15 heavy (non-hydrogen) atoms. The van der Waals surface area contributed by atoms with E-state index in [1.54, 1.807) is 0 Å². The molecule has 0 aliphatic rings. The van der Waals surface area contributed by atoms with E-state index in [0.29, 0.717) is 17.1 Å². The zero-order chi connectivity index (χ0) is 11.3. The van der Waals surface area contributed by atoms with Crippen molar-refractivity contribution in [3.05, 3.63) is 17.8 Å². The maximum atomic E-state index is 9.09. The van der Waals surface area contributed by atoms with Gasteiger partial charge in [-0.1, -0.05) is 0 Å². The summed E-state index contributed by atoms with van der Waals surface area (Å²) in [5.41, 5.74) is 6.16. The Morgan fingerprint density at radius 1 is 1.67 bits per heavy atom. The van der Waals surface area contributed by atoms with Crippen LogP contribution in [-0.2, 0) is 0 Å². The molecule has 1 aromatic heterocycles. The number of aliphatic hydroxyl groups is 2. The molecule has 0 aromatic carbocycles. The number of aromatic nitrogens is 1. The van der Waals surface area contributed by atoms with Gasteiger partial charge in [0.2, 0.25) is 0 Å². The SMILES string of the molecule is N#Cc1cc(N)cnc1NCC(O)CO. The average Bonchev–Trinajstić information content (AvgIpc) is 2.26. The molecule has 0 aliphatic heterocycles. The Bertz CT molecular complexity index is 375. The summed E-state index contributed by atoms with van der Waals surface area (Å²) >= 11 is 0. The second kappa shape index (κ2) is 5.14. The number of rotatable bonds is 4. The molecule has 0 aliphatic carbocycles. The van der Waals surface area contributed by atoms with Crippen LogP contribution in [0.1, 0.15) is 5.56 Å². The lowest BCUT2D eigenvalue weighted by atomic mass is 10.2. The highest BCUT2D eigenvalue weighted by molar-refractivity contribution is 5.57. The summed E-state index contributed by atoms with van der Waals surface area (Å²) in [6.07, 6.45) is 0.532. The lowest BCUT2D eigenvalue weighted by molar-refractivity contribution is 0.105. The van der Waals surface area contributed by atoms with Crippen LogP contribution < -0.4 is 11.1 Å². The molecule has 1 unspecified atom stereocenters. The number of aliphatic hydroxyl groups excluding tert-OH is 2. The predicted molar refractivity (Wildman–Crippen MR) is 54.9 cm³/mol. The molecule has 0 amide bonds. The van der Waals surface area contributed by atoms with Gasteiger partial charge in [-0.25, -0.2) is 4.98 Å². The van der Waals surface area contributed by atoms with Gasteiger partial charge in [-0.2, -0.15) is 5.26 Å². The van der Waals surface area contributed by atoms with E-state index >= 15 is 0 Å². The van der Waals surface area contributed by atoms with Crippen LogP contribution in [-0.4, -0.2) is 34.5 Å². The number of anilines is 2. The molecule has 0 fully saturated rings. The van der Waals surface area contributed by atoms with Crippen LogP contribution in [0, 0.1) is 11.3 Å². The first-order valence-electron chi connectivity index (χ1n) is 4.35. The first-order valence-corrected chi connectivity index (χ1v) is 4.35. The molecular weight excluding hydrogens is 196 g/mol. The second-order valence-corrected chi connectivity index (χ2v) is 2.99. The molecule has 0 spiro atoms. The Balaban J connectivity index is 2.73. The van der Waals surface area contributed by atoms with Crippen LogP contribution >= 0.6 is 0 Å². The van der Waals surface area contributed by atoms with Crippen molar-refractivity contribution < 1.29 is 10.2 Å². The van der Waals surface area contributed by atoms with Crippen molar-refractivity contribution in [3.63, 3.8) is 0 Å². The van der Waals surface area contributed by atoms with Gasteiger partial charge < -0.3 is 21.3 Å². The van der Waals surface area contributed by atoms with Gasteiger partial charge in [0.25, 0.3) is 0 Å². The molecule has 5 N–H and O–H groups in total. The molecule has 1 atom stereocenters. The maximum Gasteiger partial charge on any atom is 0.144 e. The van der Waals surface area contributed by atoms with Gasteiger partial charge in [-0.15, -0.1) is 0 Å². The van der Waals surface area contributed by atoms with Crippen molar-refractivity contribution >= 4 is 11.5 Å². The molecule has 6 nitrogen and oxygen atoms in total. The fraction of sp³-hybridized carbons (Fsp3) is 0.333. The summed E-state index contributed by atoms with van der Waals surface area (Å²) in [5.74, 6) is 0.346. The molecule has 0 saturated heterocycles. The summed E-state index contributed by atoms with van der Waals surface area (Å²) in [4.78, 5) is 3.90. The van der Waals surface area contributed by atoms with Crippen molar-refractivity contribution in [3.8, 4) is 6.07 Å². The summed E-state index contributed by atoms with van der Waals surface area (Å²) in [5, 5.41) is 29.2. The largest absolute Gasteiger partial charge is 0.397 e. The van der Waals surface area contributed by atoms with Gasteiger partial charge in [0.05, 0.1) is 30.2 Å². The van der Waals surface area contributed by atoms with E-state index in [0.717, 1.165) is 0 Å². The maximum absolute atomic E-state index is 9.09. The van der Waals surface area contributed by atoms with Crippen LogP contribution in [0.4, 0.5) is 11.5 Å². The number of nitrogens with two attached hydrogens (primary N) is 1. The molecule has 1 rings (SSSR count). The van der Waals surface area contributed by atoms with Crippen molar-refractivity contribution in [1.82, 2.24) is 4.98 Å². The normalized spacial score (nSPS) is 11.8. The van der Waals surface area contributed by atoms with Gasteiger partial charge >= 0.3 is 0 Å². The number of nitrogen functional groups attached to an aromatic ring is 1. The second-order valence-electron chi connectivity index (χ2n) is 2.99. The van der Waals surface area contributed by atoms with E-state index in [2.05, 4.69) is 10.3 Å². The van der Waals surface area contributed by atoms with Crippen LogP contribution in [0.15, 0.2) is 12.3 Å². The molecule has 6 heteroatoms. The van der Waals surface area contributed by atoms with Crippen molar-refractivity contribution in [2.75, 3.05) is 24.2 Å². The number of hydrogen-bond acceptors (Lipinski definition) is 6. The smallest absolute Gasteiger partial charge is 0.144 e. The minimum atomic E-state index is -0.879. The first-order chi connectivity index (χ1) is 7.17. The standard InChI is InChI=1S/C9H12N4O2/c10-2-6-1-7(11)3-12-9(6)13-4-8(15)5-14/h1,3,8,14-15H,4-5,11H2,(H,12,13). The predicted octanol–water partition coefficient (Wildman–Crippen LogP) is -0.699. The summed E-state index contributed by atoms with van der Waals surface area (Å²) in [7, 11) is 0. The number of nitrogens with one attached hydrogen (secondary N) is 1. The monoisotopic (exact) mass is 208 g/mol. The third-order valence-corrected chi connectivity index (χ3v) is 1.75. The number of pyridine rings is 1. The topological polar surface area (TPSA) is 115 Å². The molecule has 80 valence electrons. The highest BCUT2D eigenvalue weighted by Gasteiger charge is 2.06. The minimum absolute atomic E-state index is 0.127. The highest BCUT2D eigenvalue weighted by Crippen LogP contribution is 2.13. The van der Waals surface area contributed by atoms with Gasteiger partial charge in [0.15, 0.2) is 0 Å². The van der Waals surface area contributed by atoms with E-state index in [1.165, 1.54) is 12.3 Å². The molecule has 0 radical (unpaired) electrons. The molecular formula is C9H12N4O2. The molecule has 1 heterocycles. The van der Waals surface area contributed by atoms with Gasteiger partial charge in [-0.3, -0.25) is 0 Å². The third kappa shape index (κ3) is 3.09. The van der Waals surface area contributed by atoms with Crippen molar-refractivity contribution in [2.24, 2.45) is 0 Å². The lowest BCUT2D eigenvalue weighted by Gasteiger charge is -2.10. The van der Waals surface area contributed by atoms with Crippen molar-refractivity contribution in [2.45, 2.75) is 6.10 Å².